The van der Waals surface area contributed by atoms with E-state index in [-0.39, 0.29) is 11.0 Å². The number of hydrogen-bond donors (Lipinski definition) is 1. The first kappa shape index (κ1) is 14.1. The highest BCUT2D eigenvalue weighted by Crippen LogP contribution is 2.40. The number of nitrogens with zero attached hydrogens (tertiary/aromatic N) is 2. The molecule has 0 saturated heterocycles. The van der Waals surface area contributed by atoms with Crippen molar-refractivity contribution >= 4 is 39.5 Å². The van der Waals surface area contributed by atoms with Crippen molar-refractivity contribution in [3.8, 4) is 0 Å². The summed E-state index contributed by atoms with van der Waals surface area (Å²) >= 11 is 7.93. The summed E-state index contributed by atoms with van der Waals surface area (Å²) in [6.07, 6.45) is 6.46. The number of fused-ring (bicyclic) bond motifs is 1. The van der Waals surface area contributed by atoms with E-state index in [4.69, 9.17) is 0 Å². The monoisotopic (exact) mass is 352 g/mol. The maximum absolute atomic E-state index is 12.6. The minimum Gasteiger partial charge on any atom is -0.298 e. The van der Waals surface area contributed by atoms with Crippen LogP contribution in [0.3, 0.4) is 0 Å². The van der Waals surface area contributed by atoms with Crippen molar-refractivity contribution in [1.82, 2.24) is 9.55 Å². The third-order valence-corrected chi connectivity index (χ3v) is 5.46. The van der Waals surface area contributed by atoms with Crippen molar-refractivity contribution in [3.63, 3.8) is 0 Å². The fraction of sp³-hybridized carbons (Fsp3) is 0.467. The highest BCUT2D eigenvalue weighted by Gasteiger charge is 2.33. The van der Waals surface area contributed by atoms with Gasteiger partial charge < -0.3 is 0 Å². The van der Waals surface area contributed by atoms with Gasteiger partial charge in [0.1, 0.15) is 0 Å². The zero-order valence-electron chi connectivity index (χ0n) is 11.2. The van der Waals surface area contributed by atoms with E-state index < -0.39 is 0 Å². The first-order valence-corrected chi connectivity index (χ1v) is 8.32. The third-order valence-electron chi connectivity index (χ3n) is 4.29. The topological polar surface area (TPSA) is 34.9 Å². The van der Waals surface area contributed by atoms with Gasteiger partial charge in [-0.15, -0.1) is 0 Å². The molecular weight excluding hydrogens is 336 g/mol. The first-order valence-electron chi connectivity index (χ1n) is 6.89. The van der Waals surface area contributed by atoms with Crippen LogP contribution in [-0.2, 0) is 6.54 Å². The maximum atomic E-state index is 12.6. The molecule has 0 radical (unpaired) electrons. The van der Waals surface area contributed by atoms with Crippen LogP contribution >= 0.6 is 28.6 Å². The van der Waals surface area contributed by atoms with Crippen molar-refractivity contribution in [3.05, 3.63) is 39.4 Å². The molecule has 1 saturated carbocycles. The highest BCUT2D eigenvalue weighted by atomic mass is 79.9. The summed E-state index contributed by atoms with van der Waals surface area (Å²) in [6.45, 7) is 0.727. The van der Waals surface area contributed by atoms with Crippen LogP contribution in [0.15, 0.2) is 33.8 Å². The Labute approximate surface area is 131 Å². The Bertz CT molecular complexity index is 692. The summed E-state index contributed by atoms with van der Waals surface area (Å²) in [6, 6.07) is 5.63. The van der Waals surface area contributed by atoms with E-state index in [1.54, 1.807) is 10.9 Å². The molecule has 1 aliphatic carbocycles. The highest BCUT2D eigenvalue weighted by molar-refractivity contribution is 9.10. The Morgan fingerprint density at radius 1 is 1.35 bits per heavy atom. The average molecular weight is 353 g/mol. The lowest BCUT2D eigenvalue weighted by Gasteiger charge is -2.27. The average Bonchev–Trinajstić information content (AvgIpc) is 2.92. The molecule has 0 bridgehead atoms. The lowest BCUT2D eigenvalue weighted by Crippen LogP contribution is -2.32. The summed E-state index contributed by atoms with van der Waals surface area (Å²) in [5.74, 6) is 0.829. The molecule has 0 spiro atoms. The molecule has 0 atom stereocenters. The molecule has 1 heterocycles. The second-order valence-corrected chi connectivity index (χ2v) is 6.94. The van der Waals surface area contributed by atoms with E-state index in [0.29, 0.717) is 5.39 Å². The van der Waals surface area contributed by atoms with Gasteiger partial charge in [-0.05, 0) is 42.2 Å². The molecule has 2 aromatic rings. The molecule has 0 amide bonds. The Balaban J connectivity index is 2.04. The van der Waals surface area contributed by atoms with Crippen molar-refractivity contribution in [2.75, 3.05) is 5.75 Å². The molecule has 1 aromatic heterocycles. The molecule has 5 heteroatoms. The van der Waals surface area contributed by atoms with Gasteiger partial charge in [-0.3, -0.25) is 9.36 Å². The second-order valence-electron chi connectivity index (χ2n) is 5.70. The quantitative estimate of drug-likeness (QED) is 0.855. The van der Waals surface area contributed by atoms with E-state index in [0.717, 1.165) is 35.1 Å². The van der Waals surface area contributed by atoms with Crippen LogP contribution < -0.4 is 5.56 Å². The van der Waals surface area contributed by atoms with Gasteiger partial charge in [0.05, 0.1) is 17.2 Å². The lowest BCUT2D eigenvalue weighted by atomic mass is 9.88. The number of hydrogen-bond acceptors (Lipinski definition) is 3. The van der Waals surface area contributed by atoms with Crippen LogP contribution in [0.4, 0.5) is 0 Å². The van der Waals surface area contributed by atoms with E-state index in [9.17, 15) is 4.79 Å². The Morgan fingerprint density at radius 2 is 2.10 bits per heavy atom. The van der Waals surface area contributed by atoms with Crippen LogP contribution in [0.25, 0.3) is 10.9 Å². The zero-order valence-corrected chi connectivity index (χ0v) is 13.7. The van der Waals surface area contributed by atoms with Crippen LogP contribution in [0, 0.1) is 5.41 Å². The van der Waals surface area contributed by atoms with Gasteiger partial charge in [0.2, 0.25) is 0 Å². The minimum atomic E-state index is 0.0457. The van der Waals surface area contributed by atoms with Gasteiger partial charge in [-0.2, -0.15) is 12.6 Å². The van der Waals surface area contributed by atoms with E-state index in [2.05, 4.69) is 33.5 Å². The molecule has 1 fully saturated rings. The lowest BCUT2D eigenvalue weighted by molar-refractivity contribution is 0.286. The minimum absolute atomic E-state index is 0.0457. The van der Waals surface area contributed by atoms with Gasteiger partial charge in [-0.25, -0.2) is 4.98 Å². The Hall–Kier alpha value is -0.810. The first-order chi connectivity index (χ1) is 9.63. The third kappa shape index (κ3) is 2.53. The second kappa shape index (κ2) is 5.53. The molecule has 106 valence electrons. The Morgan fingerprint density at radius 3 is 2.80 bits per heavy atom. The SMILES string of the molecule is O=c1c2cc(Br)ccc2ncn1CC1(CS)CCCC1. The fourth-order valence-corrected chi connectivity index (χ4v) is 3.87. The largest absolute Gasteiger partial charge is 0.298 e. The molecular formula is C15H17BrN2OS. The van der Waals surface area contributed by atoms with Crippen LogP contribution in [0.1, 0.15) is 25.7 Å². The maximum Gasteiger partial charge on any atom is 0.261 e. The molecule has 20 heavy (non-hydrogen) atoms. The zero-order chi connectivity index (χ0) is 14.2. The van der Waals surface area contributed by atoms with Gasteiger partial charge in [0, 0.05) is 11.0 Å². The van der Waals surface area contributed by atoms with Crippen molar-refractivity contribution < 1.29 is 0 Å². The van der Waals surface area contributed by atoms with E-state index in [1.165, 1.54) is 12.8 Å². The summed E-state index contributed by atoms with van der Waals surface area (Å²) < 4.78 is 2.67. The molecule has 1 aliphatic rings. The predicted molar refractivity (Wildman–Crippen MR) is 88.5 cm³/mol. The smallest absolute Gasteiger partial charge is 0.261 e. The molecule has 0 unspecified atom stereocenters. The number of benzene rings is 1. The fourth-order valence-electron chi connectivity index (χ4n) is 3.10. The number of halogens is 1. The van der Waals surface area contributed by atoms with E-state index >= 15 is 0 Å². The van der Waals surface area contributed by atoms with Crippen molar-refractivity contribution in [2.24, 2.45) is 5.41 Å². The molecule has 3 rings (SSSR count). The molecule has 3 nitrogen and oxygen atoms in total. The number of rotatable bonds is 3. The summed E-state index contributed by atoms with van der Waals surface area (Å²) in [4.78, 5) is 17.0. The van der Waals surface area contributed by atoms with Crippen LogP contribution in [0.5, 0.6) is 0 Å². The summed E-state index contributed by atoms with van der Waals surface area (Å²) in [7, 11) is 0. The molecule has 0 aliphatic heterocycles. The van der Waals surface area contributed by atoms with Crippen molar-refractivity contribution in [2.45, 2.75) is 32.2 Å². The molecule has 0 N–H and O–H groups in total. The number of thiol groups is 1. The predicted octanol–water partition coefficient (Wildman–Crippen LogP) is 3.65. The van der Waals surface area contributed by atoms with Gasteiger partial charge >= 0.3 is 0 Å². The van der Waals surface area contributed by atoms with Gasteiger partial charge in [-0.1, -0.05) is 28.8 Å². The van der Waals surface area contributed by atoms with Gasteiger partial charge in [0.25, 0.3) is 5.56 Å². The van der Waals surface area contributed by atoms with Crippen molar-refractivity contribution in [1.29, 1.82) is 0 Å². The standard InChI is InChI=1S/C15H17BrN2OS/c16-11-3-4-13-12(7-11)14(19)18(10-17-13)8-15(9-20)5-1-2-6-15/h3-4,7,10,20H,1-2,5-6,8-9H2. The van der Waals surface area contributed by atoms with Crippen LogP contribution in [0.2, 0.25) is 0 Å². The van der Waals surface area contributed by atoms with Gasteiger partial charge in [0.15, 0.2) is 0 Å². The Kier molecular flexibility index (Phi) is 3.91. The number of aromatic nitrogens is 2. The normalized spacial score (nSPS) is 17.7. The van der Waals surface area contributed by atoms with Crippen LogP contribution in [-0.4, -0.2) is 15.3 Å². The van der Waals surface area contributed by atoms with E-state index in [1.807, 2.05) is 18.2 Å². The summed E-state index contributed by atoms with van der Waals surface area (Å²) in [5, 5.41) is 0.675. The molecule has 1 aromatic carbocycles. The summed E-state index contributed by atoms with van der Waals surface area (Å²) in [5.41, 5.74) is 0.957.